The molecule has 0 amide bonds. The van der Waals surface area contributed by atoms with Gasteiger partial charge in [-0.3, -0.25) is 0 Å². The van der Waals surface area contributed by atoms with Crippen molar-refractivity contribution in [2.24, 2.45) is 0 Å². The van der Waals surface area contributed by atoms with Gasteiger partial charge < -0.3 is 9.30 Å². The van der Waals surface area contributed by atoms with Gasteiger partial charge in [-0.2, -0.15) is 0 Å². The second-order valence-corrected chi connectivity index (χ2v) is 3.83. The van der Waals surface area contributed by atoms with E-state index in [0.29, 0.717) is 12.4 Å². The molecule has 0 bridgehead atoms. The molecular weight excluding hydrogens is 219 g/mol. The van der Waals surface area contributed by atoms with Crippen LogP contribution in [0.15, 0.2) is 30.6 Å². The molecule has 0 radical (unpaired) electrons. The molecule has 2 rings (SSSR count). The first-order valence-electron chi connectivity index (χ1n) is 5.59. The summed E-state index contributed by atoms with van der Waals surface area (Å²) in [6.45, 7) is 5.13. The standard InChI is InChI=1S/C13H15FN2O/c1-3-16-7-6-15-13(16)9-17-12-5-4-11(14)8-10(12)2/h4-8H,3,9H2,1-2H3. The van der Waals surface area contributed by atoms with Gasteiger partial charge in [-0.05, 0) is 37.6 Å². The Morgan fingerprint density at radius 2 is 2.24 bits per heavy atom. The number of imidazole rings is 1. The van der Waals surface area contributed by atoms with Gasteiger partial charge in [0.15, 0.2) is 0 Å². The van der Waals surface area contributed by atoms with E-state index < -0.39 is 0 Å². The molecule has 0 unspecified atom stereocenters. The fraction of sp³-hybridized carbons (Fsp3) is 0.308. The molecular formula is C13H15FN2O. The number of halogens is 1. The highest BCUT2D eigenvalue weighted by atomic mass is 19.1. The van der Waals surface area contributed by atoms with Crippen molar-refractivity contribution in [2.75, 3.05) is 0 Å². The SMILES string of the molecule is CCn1ccnc1COc1ccc(F)cc1C. The zero-order valence-corrected chi connectivity index (χ0v) is 9.98. The van der Waals surface area contributed by atoms with E-state index in [0.717, 1.165) is 17.9 Å². The number of aromatic nitrogens is 2. The monoisotopic (exact) mass is 234 g/mol. The molecule has 90 valence electrons. The van der Waals surface area contributed by atoms with Crippen LogP contribution >= 0.6 is 0 Å². The van der Waals surface area contributed by atoms with Crippen LogP contribution in [0.4, 0.5) is 4.39 Å². The van der Waals surface area contributed by atoms with Crippen molar-refractivity contribution in [2.45, 2.75) is 27.0 Å². The van der Waals surface area contributed by atoms with E-state index in [1.54, 1.807) is 12.3 Å². The van der Waals surface area contributed by atoms with Gasteiger partial charge >= 0.3 is 0 Å². The summed E-state index contributed by atoms with van der Waals surface area (Å²) in [4.78, 5) is 4.21. The summed E-state index contributed by atoms with van der Waals surface area (Å²) in [5, 5.41) is 0. The Morgan fingerprint density at radius 1 is 1.41 bits per heavy atom. The van der Waals surface area contributed by atoms with Crippen LogP contribution in [0.2, 0.25) is 0 Å². The summed E-state index contributed by atoms with van der Waals surface area (Å²) in [5.74, 6) is 1.32. The number of hydrogen-bond donors (Lipinski definition) is 0. The van der Waals surface area contributed by atoms with Crippen molar-refractivity contribution >= 4 is 0 Å². The Bertz CT molecular complexity index is 508. The first-order valence-corrected chi connectivity index (χ1v) is 5.59. The lowest BCUT2D eigenvalue weighted by Crippen LogP contribution is -2.06. The normalized spacial score (nSPS) is 10.5. The summed E-state index contributed by atoms with van der Waals surface area (Å²) < 4.78 is 20.5. The third-order valence-electron chi connectivity index (χ3n) is 2.64. The molecule has 1 aromatic heterocycles. The summed E-state index contributed by atoms with van der Waals surface area (Å²) in [5.41, 5.74) is 0.791. The third-order valence-corrected chi connectivity index (χ3v) is 2.64. The second-order valence-electron chi connectivity index (χ2n) is 3.83. The third kappa shape index (κ3) is 2.64. The van der Waals surface area contributed by atoms with Crippen LogP contribution in [-0.2, 0) is 13.2 Å². The van der Waals surface area contributed by atoms with Gasteiger partial charge in [-0.1, -0.05) is 0 Å². The zero-order chi connectivity index (χ0) is 12.3. The van der Waals surface area contributed by atoms with Crippen LogP contribution in [0, 0.1) is 12.7 Å². The van der Waals surface area contributed by atoms with E-state index in [1.807, 2.05) is 24.6 Å². The maximum absolute atomic E-state index is 12.9. The molecule has 0 aliphatic carbocycles. The molecule has 0 aliphatic rings. The molecule has 2 aromatic rings. The lowest BCUT2D eigenvalue weighted by molar-refractivity contribution is 0.287. The first kappa shape index (κ1) is 11.6. The van der Waals surface area contributed by atoms with E-state index in [-0.39, 0.29) is 5.82 Å². The second kappa shape index (κ2) is 4.99. The van der Waals surface area contributed by atoms with Crippen LogP contribution in [0.5, 0.6) is 5.75 Å². The average molecular weight is 234 g/mol. The highest BCUT2D eigenvalue weighted by Crippen LogP contribution is 2.19. The van der Waals surface area contributed by atoms with Gasteiger partial charge in [-0.15, -0.1) is 0 Å². The lowest BCUT2D eigenvalue weighted by atomic mass is 10.2. The van der Waals surface area contributed by atoms with Crippen molar-refractivity contribution in [3.8, 4) is 5.75 Å². The predicted molar refractivity (Wildman–Crippen MR) is 63.4 cm³/mol. The number of ether oxygens (including phenoxy) is 1. The van der Waals surface area contributed by atoms with Gasteiger partial charge in [0.1, 0.15) is 24.0 Å². The van der Waals surface area contributed by atoms with Crippen molar-refractivity contribution in [3.05, 3.63) is 47.8 Å². The lowest BCUT2D eigenvalue weighted by Gasteiger charge is -2.09. The largest absolute Gasteiger partial charge is 0.485 e. The van der Waals surface area contributed by atoms with Crippen LogP contribution in [-0.4, -0.2) is 9.55 Å². The Balaban J connectivity index is 2.07. The van der Waals surface area contributed by atoms with Crippen molar-refractivity contribution in [3.63, 3.8) is 0 Å². The van der Waals surface area contributed by atoms with E-state index in [1.165, 1.54) is 12.1 Å². The maximum atomic E-state index is 12.9. The number of rotatable bonds is 4. The molecule has 0 fully saturated rings. The molecule has 0 saturated heterocycles. The molecule has 3 nitrogen and oxygen atoms in total. The highest BCUT2D eigenvalue weighted by molar-refractivity contribution is 5.32. The summed E-state index contributed by atoms with van der Waals surface area (Å²) in [6, 6.07) is 4.50. The zero-order valence-electron chi connectivity index (χ0n) is 9.98. The molecule has 0 atom stereocenters. The minimum Gasteiger partial charge on any atom is -0.485 e. The minimum absolute atomic E-state index is 0.245. The van der Waals surface area contributed by atoms with Crippen LogP contribution in [0.3, 0.4) is 0 Å². The predicted octanol–water partition coefficient (Wildman–Crippen LogP) is 2.93. The van der Waals surface area contributed by atoms with Gasteiger partial charge in [-0.25, -0.2) is 9.37 Å². The first-order chi connectivity index (χ1) is 8.20. The average Bonchev–Trinajstić information content (AvgIpc) is 2.75. The highest BCUT2D eigenvalue weighted by Gasteiger charge is 2.05. The fourth-order valence-corrected chi connectivity index (χ4v) is 1.69. The van der Waals surface area contributed by atoms with Crippen molar-refractivity contribution in [1.82, 2.24) is 9.55 Å². The molecule has 0 N–H and O–H groups in total. The van der Waals surface area contributed by atoms with Crippen molar-refractivity contribution in [1.29, 1.82) is 0 Å². The van der Waals surface area contributed by atoms with Crippen LogP contribution in [0.1, 0.15) is 18.3 Å². The van der Waals surface area contributed by atoms with E-state index >= 15 is 0 Å². The van der Waals surface area contributed by atoms with E-state index in [4.69, 9.17) is 4.74 Å². The molecule has 17 heavy (non-hydrogen) atoms. The van der Waals surface area contributed by atoms with Crippen molar-refractivity contribution < 1.29 is 9.13 Å². The topological polar surface area (TPSA) is 27.1 Å². The van der Waals surface area contributed by atoms with Gasteiger partial charge in [0, 0.05) is 18.9 Å². The number of benzene rings is 1. The Labute approximate surface area is 99.9 Å². The Kier molecular flexibility index (Phi) is 3.42. The molecule has 4 heteroatoms. The van der Waals surface area contributed by atoms with Gasteiger partial charge in [0.25, 0.3) is 0 Å². The molecule has 1 heterocycles. The van der Waals surface area contributed by atoms with Gasteiger partial charge in [0.2, 0.25) is 0 Å². The number of aryl methyl sites for hydroxylation is 2. The quantitative estimate of drug-likeness (QED) is 0.813. The smallest absolute Gasteiger partial charge is 0.146 e. The number of nitrogens with zero attached hydrogens (tertiary/aromatic N) is 2. The van der Waals surface area contributed by atoms with Crippen LogP contribution in [0.25, 0.3) is 0 Å². The molecule has 0 saturated carbocycles. The minimum atomic E-state index is -0.245. The van der Waals surface area contributed by atoms with E-state index in [9.17, 15) is 4.39 Å². The maximum Gasteiger partial charge on any atom is 0.146 e. The fourth-order valence-electron chi connectivity index (χ4n) is 1.69. The molecule has 0 aliphatic heterocycles. The Morgan fingerprint density at radius 3 is 2.94 bits per heavy atom. The Hall–Kier alpha value is -1.84. The number of hydrogen-bond acceptors (Lipinski definition) is 2. The van der Waals surface area contributed by atoms with Gasteiger partial charge in [0.05, 0.1) is 0 Å². The molecule has 1 aromatic carbocycles. The summed E-state index contributed by atoms with van der Waals surface area (Å²) in [7, 11) is 0. The summed E-state index contributed by atoms with van der Waals surface area (Å²) in [6.07, 6.45) is 3.66. The van der Waals surface area contributed by atoms with E-state index in [2.05, 4.69) is 4.98 Å². The summed E-state index contributed by atoms with van der Waals surface area (Å²) >= 11 is 0. The molecule has 0 spiro atoms. The van der Waals surface area contributed by atoms with Crippen LogP contribution < -0.4 is 4.74 Å².